The minimum atomic E-state index is -0.748. The molecule has 5 rings (SSSR count). The van der Waals surface area contributed by atoms with Crippen molar-refractivity contribution in [1.82, 2.24) is 9.97 Å². The molecule has 0 unspecified atom stereocenters. The van der Waals surface area contributed by atoms with Crippen molar-refractivity contribution in [3.63, 3.8) is 0 Å². The van der Waals surface area contributed by atoms with Crippen LogP contribution < -0.4 is 19.1 Å². The molecule has 8 heteroatoms. The molecule has 0 bridgehead atoms. The Kier molecular flexibility index (Phi) is 8.67. The lowest BCUT2D eigenvalue weighted by molar-refractivity contribution is -0.137. The summed E-state index contributed by atoms with van der Waals surface area (Å²) in [7, 11) is 5.33. The van der Waals surface area contributed by atoms with Crippen LogP contribution in [0.3, 0.4) is 0 Å². The number of carboxylic acids is 1. The van der Waals surface area contributed by atoms with Gasteiger partial charge in [-0.3, -0.25) is 4.79 Å². The van der Waals surface area contributed by atoms with Crippen LogP contribution in [0, 0.1) is 0 Å². The number of aromatic nitrogens is 2. The van der Waals surface area contributed by atoms with Crippen molar-refractivity contribution in [2.24, 2.45) is 0 Å². The van der Waals surface area contributed by atoms with Gasteiger partial charge in [0, 0.05) is 30.9 Å². The molecule has 1 atom stereocenters. The first-order chi connectivity index (χ1) is 19.9. The Balaban J connectivity index is 1.29. The van der Waals surface area contributed by atoms with Crippen LogP contribution >= 0.6 is 0 Å². The van der Waals surface area contributed by atoms with Crippen LogP contribution in [0.5, 0.6) is 17.2 Å². The average Bonchev–Trinajstić information content (AvgIpc) is 3.40. The topological polar surface area (TPSA) is 94.0 Å². The van der Waals surface area contributed by atoms with Crippen LogP contribution in [-0.2, 0) is 11.2 Å². The molecule has 0 saturated carbocycles. The van der Waals surface area contributed by atoms with Gasteiger partial charge in [-0.1, -0.05) is 18.2 Å². The maximum atomic E-state index is 11.2. The summed E-state index contributed by atoms with van der Waals surface area (Å²) in [6.45, 7) is 1.28. The molecule has 0 fully saturated rings. The number of carboxylic acid groups (broad SMARTS) is 1. The number of hydrogen-bond donors (Lipinski definition) is 1. The number of benzene rings is 3. The van der Waals surface area contributed by atoms with E-state index >= 15 is 0 Å². The van der Waals surface area contributed by atoms with E-state index in [0.717, 1.165) is 71.1 Å². The summed E-state index contributed by atoms with van der Waals surface area (Å²) in [6, 6.07) is 21.7. The molecule has 0 saturated heterocycles. The largest absolute Gasteiger partial charge is 0.497 e. The Bertz CT molecular complexity index is 1490. The van der Waals surface area contributed by atoms with Crippen LogP contribution in [0.25, 0.3) is 22.5 Å². The number of methoxy groups -OCH3 is 2. The van der Waals surface area contributed by atoms with E-state index in [0.29, 0.717) is 12.4 Å². The van der Waals surface area contributed by atoms with Gasteiger partial charge >= 0.3 is 5.97 Å². The van der Waals surface area contributed by atoms with Crippen molar-refractivity contribution in [2.75, 3.05) is 39.3 Å². The molecule has 0 radical (unpaired) electrons. The first-order valence-electron chi connectivity index (χ1n) is 13.8. The predicted octanol–water partition coefficient (Wildman–Crippen LogP) is 6.24. The molecule has 212 valence electrons. The van der Waals surface area contributed by atoms with E-state index in [1.54, 1.807) is 14.2 Å². The molecule has 0 aliphatic heterocycles. The lowest BCUT2D eigenvalue weighted by atomic mass is 9.98. The third kappa shape index (κ3) is 6.60. The van der Waals surface area contributed by atoms with Gasteiger partial charge in [-0.05, 0) is 90.4 Å². The van der Waals surface area contributed by atoms with Crippen molar-refractivity contribution in [3.8, 4) is 39.8 Å². The summed E-state index contributed by atoms with van der Waals surface area (Å²) < 4.78 is 16.7. The molecule has 1 heterocycles. The van der Waals surface area contributed by atoms with Crippen molar-refractivity contribution in [3.05, 3.63) is 84.1 Å². The van der Waals surface area contributed by atoms with E-state index in [1.165, 1.54) is 5.56 Å². The van der Waals surface area contributed by atoms with Crippen molar-refractivity contribution >= 4 is 11.8 Å². The van der Waals surface area contributed by atoms with Gasteiger partial charge < -0.3 is 24.2 Å². The van der Waals surface area contributed by atoms with Crippen LogP contribution in [0.2, 0.25) is 0 Å². The zero-order valence-electron chi connectivity index (χ0n) is 23.7. The van der Waals surface area contributed by atoms with Gasteiger partial charge in [0.2, 0.25) is 0 Å². The highest BCUT2D eigenvalue weighted by Crippen LogP contribution is 2.37. The second-order valence-electron chi connectivity index (χ2n) is 10.2. The van der Waals surface area contributed by atoms with Gasteiger partial charge in [0.05, 0.1) is 27.2 Å². The Morgan fingerprint density at radius 3 is 2.27 bits per heavy atom. The Hall–Kier alpha value is -4.59. The summed E-state index contributed by atoms with van der Waals surface area (Å²) >= 11 is 0. The first kappa shape index (κ1) is 28.0. The Morgan fingerprint density at radius 2 is 1.61 bits per heavy atom. The Morgan fingerprint density at radius 1 is 0.951 bits per heavy atom. The van der Waals surface area contributed by atoms with Crippen molar-refractivity contribution in [2.45, 2.75) is 31.6 Å². The number of hydrogen-bond acceptors (Lipinski definition) is 7. The lowest BCUT2D eigenvalue weighted by Gasteiger charge is -2.22. The van der Waals surface area contributed by atoms with E-state index < -0.39 is 5.97 Å². The molecule has 41 heavy (non-hydrogen) atoms. The standard InChI is InChI=1S/C33H35N3O5/c1-36(17-4-18-41-28-15-16-29-24(19-28)5-6-25(29)20-31(37)38)33-30(22-7-11-26(39-2)12-8-22)21-34-32(35-33)23-9-13-27(40-3)14-10-23/h7-16,19,21,25H,4-6,17-18,20H2,1-3H3,(H,37,38)/t25-/m0/s1. The van der Waals surface area contributed by atoms with Gasteiger partial charge in [-0.25, -0.2) is 9.97 Å². The number of anilines is 1. The molecule has 1 N–H and O–H groups in total. The molecule has 8 nitrogen and oxygen atoms in total. The molecule has 0 amide bonds. The number of carbonyl (C=O) groups is 1. The van der Waals surface area contributed by atoms with Crippen LogP contribution in [0.15, 0.2) is 72.9 Å². The summed E-state index contributed by atoms with van der Waals surface area (Å²) in [5, 5.41) is 9.17. The zero-order valence-corrected chi connectivity index (χ0v) is 23.7. The lowest BCUT2D eigenvalue weighted by Crippen LogP contribution is -2.22. The Labute approximate surface area is 240 Å². The van der Waals surface area contributed by atoms with E-state index in [4.69, 9.17) is 19.2 Å². The van der Waals surface area contributed by atoms with Gasteiger partial charge in [0.15, 0.2) is 5.82 Å². The number of nitrogens with zero attached hydrogens (tertiary/aromatic N) is 3. The minimum Gasteiger partial charge on any atom is -0.497 e. The molecule has 4 aromatic rings. The highest BCUT2D eigenvalue weighted by molar-refractivity contribution is 5.77. The third-order valence-corrected chi connectivity index (χ3v) is 7.52. The van der Waals surface area contributed by atoms with E-state index in [-0.39, 0.29) is 12.3 Å². The van der Waals surface area contributed by atoms with E-state index in [9.17, 15) is 9.90 Å². The van der Waals surface area contributed by atoms with Gasteiger partial charge in [-0.15, -0.1) is 0 Å². The van der Waals surface area contributed by atoms with E-state index in [1.807, 2.05) is 73.9 Å². The second-order valence-corrected chi connectivity index (χ2v) is 10.2. The highest BCUT2D eigenvalue weighted by atomic mass is 16.5. The van der Waals surface area contributed by atoms with Gasteiger partial charge in [0.1, 0.15) is 23.1 Å². The smallest absolute Gasteiger partial charge is 0.303 e. The molecule has 1 aliphatic rings. The fourth-order valence-corrected chi connectivity index (χ4v) is 5.31. The normalized spacial score (nSPS) is 13.9. The monoisotopic (exact) mass is 553 g/mol. The van der Waals surface area contributed by atoms with Gasteiger partial charge in [-0.2, -0.15) is 0 Å². The average molecular weight is 554 g/mol. The van der Waals surface area contributed by atoms with Crippen LogP contribution in [0.1, 0.15) is 36.3 Å². The third-order valence-electron chi connectivity index (χ3n) is 7.52. The predicted molar refractivity (Wildman–Crippen MR) is 159 cm³/mol. The van der Waals surface area contributed by atoms with Crippen LogP contribution in [0.4, 0.5) is 5.82 Å². The van der Waals surface area contributed by atoms with Crippen molar-refractivity contribution in [1.29, 1.82) is 0 Å². The SMILES string of the molecule is COc1ccc(-c2ncc(-c3ccc(OC)cc3)c(N(C)CCCOc3ccc4c(c3)CC[C@H]4CC(=O)O)n2)cc1. The second kappa shape index (κ2) is 12.7. The summed E-state index contributed by atoms with van der Waals surface area (Å²) in [6.07, 6.45) is 4.62. The number of aliphatic carboxylic acids is 1. The summed E-state index contributed by atoms with van der Waals surface area (Å²) in [4.78, 5) is 23.0. The maximum absolute atomic E-state index is 11.2. The number of aryl methyl sites for hydroxylation is 1. The number of fused-ring (bicyclic) bond motifs is 1. The molecule has 1 aromatic heterocycles. The summed E-state index contributed by atoms with van der Waals surface area (Å²) in [5.74, 6) is 3.22. The molecular formula is C33H35N3O5. The quantitative estimate of drug-likeness (QED) is 0.206. The van der Waals surface area contributed by atoms with E-state index in [2.05, 4.69) is 16.0 Å². The van der Waals surface area contributed by atoms with Gasteiger partial charge in [0.25, 0.3) is 0 Å². The fraction of sp³-hybridized carbons (Fsp3) is 0.303. The first-order valence-corrected chi connectivity index (χ1v) is 13.8. The molecule has 3 aromatic carbocycles. The van der Waals surface area contributed by atoms with Crippen LogP contribution in [-0.4, -0.2) is 55.5 Å². The minimum absolute atomic E-state index is 0.0979. The van der Waals surface area contributed by atoms with Crippen molar-refractivity contribution < 1.29 is 24.1 Å². The fourth-order valence-electron chi connectivity index (χ4n) is 5.31. The summed E-state index contributed by atoms with van der Waals surface area (Å²) in [5.41, 5.74) is 5.18. The highest BCUT2D eigenvalue weighted by Gasteiger charge is 2.25. The molecular weight excluding hydrogens is 518 g/mol. The zero-order chi connectivity index (χ0) is 28.8. The number of rotatable bonds is 12. The maximum Gasteiger partial charge on any atom is 0.303 e. The molecule has 0 spiro atoms. The number of ether oxygens (including phenoxy) is 3. The molecule has 1 aliphatic carbocycles.